The van der Waals surface area contributed by atoms with E-state index < -0.39 is 16.8 Å². The highest BCUT2D eigenvalue weighted by molar-refractivity contribution is 7.85. The molecule has 90 valence electrons. The van der Waals surface area contributed by atoms with Crippen LogP contribution in [0.15, 0.2) is 46.9 Å². The first kappa shape index (κ1) is 11.2. The van der Waals surface area contributed by atoms with Crippen molar-refractivity contribution in [2.45, 2.75) is 4.90 Å². The van der Waals surface area contributed by atoms with Gasteiger partial charge >= 0.3 is 5.97 Å². The van der Waals surface area contributed by atoms with Crippen LogP contribution in [0.5, 0.6) is 0 Å². The first-order valence-corrected chi connectivity index (χ1v) is 6.82. The Morgan fingerprint density at radius 3 is 2.50 bits per heavy atom. The first-order valence-electron chi connectivity index (χ1n) is 5.50. The second-order valence-electron chi connectivity index (χ2n) is 4.20. The topological polar surface area (TPSA) is 54.4 Å². The number of hydrogen-bond acceptors (Lipinski definition) is 2. The number of carbonyl (C=O) groups is 1. The third-order valence-electron chi connectivity index (χ3n) is 3.01. The third-order valence-corrected chi connectivity index (χ3v) is 4.43. The Labute approximate surface area is 106 Å². The van der Waals surface area contributed by atoms with Crippen LogP contribution in [0.2, 0.25) is 0 Å². The molecule has 18 heavy (non-hydrogen) atoms. The maximum Gasteiger partial charge on any atom is 0.332 e. The van der Waals surface area contributed by atoms with Crippen molar-refractivity contribution in [3.05, 3.63) is 47.5 Å². The molecule has 2 aromatic rings. The molecule has 3 rings (SSSR count). The molecule has 0 saturated heterocycles. The van der Waals surface area contributed by atoms with Gasteiger partial charge in [-0.3, -0.25) is 4.21 Å². The van der Waals surface area contributed by atoms with Crippen molar-refractivity contribution in [2.75, 3.05) is 5.75 Å². The van der Waals surface area contributed by atoms with Gasteiger partial charge in [0.25, 0.3) is 0 Å². The summed E-state index contributed by atoms with van der Waals surface area (Å²) in [6, 6.07) is 11.6. The molecule has 0 spiro atoms. The molecule has 1 aliphatic rings. The van der Waals surface area contributed by atoms with Crippen LogP contribution in [0.1, 0.15) is 5.56 Å². The molecular weight excluding hydrogens is 248 g/mol. The molecule has 0 aromatic heterocycles. The molecular formula is C14H10O3S. The molecule has 1 atom stereocenters. The number of hydrogen-bond donors (Lipinski definition) is 1. The number of fused-ring (bicyclic) bond motifs is 2. The molecule has 0 aliphatic carbocycles. The summed E-state index contributed by atoms with van der Waals surface area (Å²) in [7, 11) is -1.27. The van der Waals surface area contributed by atoms with Crippen molar-refractivity contribution >= 4 is 33.6 Å². The zero-order chi connectivity index (χ0) is 12.7. The number of carboxylic acids is 1. The number of carboxylic acid groups (broad SMARTS) is 1. The Kier molecular flexibility index (Phi) is 2.52. The summed E-state index contributed by atoms with van der Waals surface area (Å²) in [6.07, 6.45) is 1.62. The molecule has 0 saturated carbocycles. The first-order chi connectivity index (χ1) is 8.65. The summed E-state index contributed by atoms with van der Waals surface area (Å²) in [5.74, 6) is -0.914. The van der Waals surface area contributed by atoms with E-state index in [0.717, 1.165) is 21.2 Å². The van der Waals surface area contributed by atoms with Gasteiger partial charge in [0.05, 0.1) is 22.1 Å². The highest BCUT2D eigenvalue weighted by atomic mass is 32.2. The van der Waals surface area contributed by atoms with Crippen LogP contribution in [0.3, 0.4) is 0 Å². The van der Waals surface area contributed by atoms with Gasteiger partial charge in [0, 0.05) is 4.90 Å². The lowest BCUT2D eigenvalue weighted by atomic mass is 10.0. The molecule has 0 radical (unpaired) electrons. The standard InChI is InChI=1S/C14H10O3S/c15-14(16)12-6-11-5-9-3-1-2-4-10(9)7-13(11)18(17)8-12/h1-7H,8H2,(H,15,16). The van der Waals surface area contributed by atoms with Crippen molar-refractivity contribution in [2.24, 2.45) is 0 Å². The SMILES string of the molecule is O=C(O)C1=Cc2cc3ccccc3cc2S(=O)C1. The summed E-state index contributed by atoms with van der Waals surface area (Å²) in [5, 5.41) is 11.0. The van der Waals surface area contributed by atoms with Crippen molar-refractivity contribution in [1.82, 2.24) is 0 Å². The van der Waals surface area contributed by atoms with Gasteiger partial charge in [-0.05, 0) is 34.5 Å². The van der Waals surface area contributed by atoms with Crippen LogP contribution >= 0.6 is 0 Å². The molecule has 2 aromatic carbocycles. The Morgan fingerprint density at radius 1 is 1.17 bits per heavy atom. The van der Waals surface area contributed by atoms with Crippen LogP contribution in [-0.4, -0.2) is 21.0 Å². The highest BCUT2D eigenvalue weighted by Gasteiger charge is 2.21. The second kappa shape index (κ2) is 4.07. The fourth-order valence-corrected chi connectivity index (χ4v) is 3.40. The lowest BCUT2D eigenvalue weighted by molar-refractivity contribution is -0.132. The van der Waals surface area contributed by atoms with E-state index in [1.165, 1.54) is 0 Å². The van der Waals surface area contributed by atoms with Gasteiger partial charge in [-0.1, -0.05) is 24.3 Å². The largest absolute Gasteiger partial charge is 0.478 e. The van der Waals surface area contributed by atoms with Crippen molar-refractivity contribution in [3.8, 4) is 0 Å². The molecule has 0 amide bonds. The van der Waals surface area contributed by atoms with Gasteiger partial charge in [-0.2, -0.15) is 0 Å². The van der Waals surface area contributed by atoms with Crippen LogP contribution in [0.4, 0.5) is 0 Å². The van der Waals surface area contributed by atoms with Gasteiger partial charge in [-0.15, -0.1) is 0 Å². The van der Waals surface area contributed by atoms with E-state index in [1.54, 1.807) is 6.08 Å². The van der Waals surface area contributed by atoms with E-state index >= 15 is 0 Å². The molecule has 4 heteroatoms. The normalized spacial score (nSPS) is 18.2. The fourth-order valence-electron chi connectivity index (χ4n) is 2.12. The van der Waals surface area contributed by atoms with Gasteiger partial charge < -0.3 is 5.11 Å². The molecule has 1 aliphatic heterocycles. The molecule has 1 unspecified atom stereocenters. The van der Waals surface area contributed by atoms with E-state index in [9.17, 15) is 9.00 Å². The number of aliphatic carboxylic acids is 1. The molecule has 1 heterocycles. The summed E-state index contributed by atoms with van der Waals surface area (Å²) < 4.78 is 12.1. The average molecular weight is 258 g/mol. The molecule has 0 fully saturated rings. The van der Waals surface area contributed by atoms with Crippen molar-refractivity contribution in [3.63, 3.8) is 0 Å². The Morgan fingerprint density at radius 2 is 1.83 bits per heavy atom. The summed E-state index contributed by atoms with van der Waals surface area (Å²) >= 11 is 0. The van der Waals surface area contributed by atoms with Crippen LogP contribution in [0.25, 0.3) is 16.8 Å². The summed E-state index contributed by atoms with van der Waals surface area (Å²) in [6.45, 7) is 0. The van der Waals surface area contributed by atoms with E-state index in [-0.39, 0.29) is 11.3 Å². The second-order valence-corrected chi connectivity index (χ2v) is 5.62. The Hall–Kier alpha value is -1.94. The average Bonchev–Trinajstić information content (AvgIpc) is 2.36. The monoisotopic (exact) mass is 258 g/mol. The Balaban J connectivity index is 2.28. The predicted molar refractivity (Wildman–Crippen MR) is 70.8 cm³/mol. The minimum atomic E-state index is -1.27. The minimum Gasteiger partial charge on any atom is -0.478 e. The highest BCUT2D eigenvalue weighted by Crippen LogP contribution is 2.29. The molecule has 0 bridgehead atoms. The number of benzene rings is 2. The number of rotatable bonds is 1. The van der Waals surface area contributed by atoms with Gasteiger partial charge in [0.2, 0.25) is 0 Å². The van der Waals surface area contributed by atoms with Crippen molar-refractivity contribution in [1.29, 1.82) is 0 Å². The zero-order valence-electron chi connectivity index (χ0n) is 9.42. The van der Waals surface area contributed by atoms with Crippen LogP contribution in [-0.2, 0) is 15.6 Å². The van der Waals surface area contributed by atoms with Crippen LogP contribution in [0, 0.1) is 0 Å². The van der Waals surface area contributed by atoms with E-state index in [0.29, 0.717) is 0 Å². The van der Waals surface area contributed by atoms with Gasteiger partial charge in [-0.25, -0.2) is 4.79 Å². The maximum atomic E-state index is 12.1. The summed E-state index contributed by atoms with van der Waals surface area (Å²) in [4.78, 5) is 11.7. The van der Waals surface area contributed by atoms with Crippen LogP contribution < -0.4 is 0 Å². The van der Waals surface area contributed by atoms with Gasteiger partial charge in [0.15, 0.2) is 0 Å². The zero-order valence-corrected chi connectivity index (χ0v) is 10.2. The smallest absolute Gasteiger partial charge is 0.332 e. The minimum absolute atomic E-state index is 0.0840. The lowest BCUT2D eigenvalue weighted by Gasteiger charge is -2.14. The van der Waals surface area contributed by atoms with E-state index in [4.69, 9.17) is 5.11 Å². The third kappa shape index (κ3) is 1.75. The molecule has 3 nitrogen and oxygen atoms in total. The molecule has 1 N–H and O–H groups in total. The Bertz CT molecular complexity index is 716. The van der Waals surface area contributed by atoms with Crippen molar-refractivity contribution < 1.29 is 14.1 Å². The summed E-state index contributed by atoms with van der Waals surface area (Å²) in [5.41, 5.74) is 0.951. The fraction of sp³-hybridized carbons (Fsp3) is 0.0714. The van der Waals surface area contributed by atoms with E-state index in [1.807, 2.05) is 36.4 Å². The quantitative estimate of drug-likeness (QED) is 0.854. The lowest BCUT2D eigenvalue weighted by Crippen LogP contribution is -2.14. The maximum absolute atomic E-state index is 12.1. The van der Waals surface area contributed by atoms with E-state index in [2.05, 4.69) is 0 Å². The van der Waals surface area contributed by atoms with Gasteiger partial charge in [0.1, 0.15) is 0 Å². The predicted octanol–water partition coefficient (Wildman–Crippen LogP) is 2.43.